The van der Waals surface area contributed by atoms with E-state index in [0.29, 0.717) is 10.5 Å². The molecule has 4 unspecified atom stereocenters. The van der Waals surface area contributed by atoms with Crippen LogP contribution < -0.4 is 0 Å². The molecule has 0 radical (unpaired) electrons. The number of carbonyl (C=O) groups is 2. The normalized spacial score (nSPS) is 38.3. The molecule has 1 N–H and O–H groups in total. The molecule has 2 rings (SSSR count). The van der Waals surface area contributed by atoms with Crippen molar-refractivity contribution in [1.82, 2.24) is 4.90 Å². The van der Waals surface area contributed by atoms with Crippen molar-refractivity contribution < 1.29 is 14.7 Å². The molecule has 2 fully saturated rings. The number of aliphatic carboxylic acids is 1. The Balaban J connectivity index is 2.07. The number of carbonyl (C=O) groups excluding carboxylic acids is 1. The molecule has 5 heteroatoms. The highest BCUT2D eigenvalue weighted by Gasteiger charge is 2.66. The number of carboxylic acid groups (broad SMARTS) is 1. The molecule has 18 heavy (non-hydrogen) atoms. The standard InChI is InChI=1S/C13H21NO3S/c1-7-5-14(6-8(2)18-7)11(15)9-10(12(16)17)13(9,3)4/h7-10H,5-6H2,1-4H3,(H,16,17). The lowest BCUT2D eigenvalue weighted by molar-refractivity contribution is -0.142. The zero-order chi connectivity index (χ0) is 13.7. The average molecular weight is 271 g/mol. The van der Waals surface area contributed by atoms with Crippen molar-refractivity contribution in [2.45, 2.75) is 38.2 Å². The number of carboxylic acids is 1. The lowest BCUT2D eigenvalue weighted by Gasteiger charge is -2.35. The highest BCUT2D eigenvalue weighted by atomic mass is 32.2. The second kappa shape index (κ2) is 4.44. The molecule has 1 saturated carbocycles. The molecule has 0 spiro atoms. The van der Waals surface area contributed by atoms with Gasteiger partial charge in [-0.05, 0) is 5.41 Å². The van der Waals surface area contributed by atoms with Crippen LogP contribution in [0.15, 0.2) is 0 Å². The lowest BCUT2D eigenvalue weighted by Crippen LogP contribution is -2.45. The minimum Gasteiger partial charge on any atom is -0.481 e. The fourth-order valence-corrected chi connectivity index (χ4v) is 4.44. The van der Waals surface area contributed by atoms with E-state index in [1.807, 2.05) is 30.5 Å². The molecule has 1 amide bonds. The first-order valence-electron chi connectivity index (χ1n) is 6.42. The van der Waals surface area contributed by atoms with E-state index >= 15 is 0 Å². The van der Waals surface area contributed by atoms with Crippen molar-refractivity contribution in [3.8, 4) is 0 Å². The van der Waals surface area contributed by atoms with Crippen molar-refractivity contribution >= 4 is 23.6 Å². The Morgan fingerprint density at radius 3 is 2.06 bits per heavy atom. The Bertz CT molecular complexity index is 372. The van der Waals surface area contributed by atoms with Crippen LogP contribution in [0, 0.1) is 17.3 Å². The van der Waals surface area contributed by atoms with Crippen LogP contribution in [0.5, 0.6) is 0 Å². The van der Waals surface area contributed by atoms with E-state index in [-0.39, 0.29) is 17.2 Å². The summed E-state index contributed by atoms with van der Waals surface area (Å²) < 4.78 is 0. The Kier molecular flexibility index (Phi) is 3.38. The van der Waals surface area contributed by atoms with E-state index in [4.69, 9.17) is 5.11 Å². The lowest BCUT2D eigenvalue weighted by atomic mass is 10.1. The highest BCUT2D eigenvalue weighted by Crippen LogP contribution is 2.59. The maximum absolute atomic E-state index is 12.4. The van der Waals surface area contributed by atoms with Gasteiger partial charge in [0.2, 0.25) is 5.91 Å². The van der Waals surface area contributed by atoms with Crippen molar-refractivity contribution in [2.24, 2.45) is 17.3 Å². The van der Waals surface area contributed by atoms with Gasteiger partial charge in [-0.3, -0.25) is 9.59 Å². The van der Waals surface area contributed by atoms with Gasteiger partial charge in [0.05, 0.1) is 11.8 Å². The van der Waals surface area contributed by atoms with Crippen LogP contribution in [0.4, 0.5) is 0 Å². The molecular weight excluding hydrogens is 250 g/mol. The first kappa shape index (κ1) is 13.7. The second-order valence-electron chi connectivity index (χ2n) is 6.12. The molecule has 2 aliphatic rings. The van der Waals surface area contributed by atoms with Gasteiger partial charge in [-0.2, -0.15) is 11.8 Å². The largest absolute Gasteiger partial charge is 0.481 e. The number of thioether (sulfide) groups is 1. The first-order valence-corrected chi connectivity index (χ1v) is 7.36. The van der Waals surface area contributed by atoms with E-state index in [0.717, 1.165) is 13.1 Å². The van der Waals surface area contributed by atoms with Crippen LogP contribution in [0.1, 0.15) is 27.7 Å². The van der Waals surface area contributed by atoms with E-state index < -0.39 is 11.9 Å². The summed E-state index contributed by atoms with van der Waals surface area (Å²) in [5.41, 5.74) is -0.389. The van der Waals surface area contributed by atoms with Crippen LogP contribution in [-0.2, 0) is 9.59 Å². The molecule has 102 valence electrons. The average Bonchev–Trinajstić information content (AvgIpc) is 2.79. The van der Waals surface area contributed by atoms with Gasteiger partial charge >= 0.3 is 5.97 Å². The van der Waals surface area contributed by atoms with E-state index in [1.54, 1.807) is 0 Å². The third kappa shape index (κ3) is 2.25. The van der Waals surface area contributed by atoms with Gasteiger partial charge < -0.3 is 10.0 Å². The predicted molar refractivity (Wildman–Crippen MR) is 71.5 cm³/mol. The topological polar surface area (TPSA) is 57.6 Å². The summed E-state index contributed by atoms with van der Waals surface area (Å²) in [5.74, 6) is -1.65. The van der Waals surface area contributed by atoms with Crippen LogP contribution in [0.2, 0.25) is 0 Å². The molecule has 0 bridgehead atoms. The van der Waals surface area contributed by atoms with Crippen molar-refractivity contribution in [1.29, 1.82) is 0 Å². The Hall–Kier alpha value is -0.710. The monoisotopic (exact) mass is 271 g/mol. The van der Waals surface area contributed by atoms with Gasteiger partial charge in [-0.15, -0.1) is 0 Å². The summed E-state index contributed by atoms with van der Waals surface area (Å²) in [4.78, 5) is 25.4. The molecule has 4 atom stereocenters. The Morgan fingerprint density at radius 2 is 1.67 bits per heavy atom. The zero-order valence-electron chi connectivity index (χ0n) is 11.3. The molecule has 0 aromatic carbocycles. The maximum atomic E-state index is 12.4. The molecule has 1 aliphatic heterocycles. The molecule has 0 aromatic heterocycles. The summed E-state index contributed by atoms with van der Waals surface area (Å²) in [6.45, 7) is 9.47. The summed E-state index contributed by atoms with van der Waals surface area (Å²) >= 11 is 1.89. The van der Waals surface area contributed by atoms with Gasteiger partial charge in [0.15, 0.2) is 0 Å². The van der Waals surface area contributed by atoms with Gasteiger partial charge in [0.1, 0.15) is 0 Å². The van der Waals surface area contributed by atoms with E-state index in [2.05, 4.69) is 13.8 Å². The molecule has 1 heterocycles. The summed E-state index contributed by atoms with van der Waals surface area (Å²) in [6.07, 6.45) is 0. The van der Waals surface area contributed by atoms with Gasteiger partial charge in [-0.25, -0.2) is 0 Å². The minimum absolute atomic E-state index is 0.0337. The van der Waals surface area contributed by atoms with E-state index in [9.17, 15) is 9.59 Å². The molecule has 1 aliphatic carbocycles. The van der Waals surface area contributed by atoms with Crippen molar-refractivity contribution in [3.63, 3.8) is 0 Å². The van der Waals surface area contributed by atoms with Crippen LogP contribution in [-0.4, -0.2) is 45.5 Å². The van der Waals surface area contributed by atoms with Crippen LogP contribution >= 0.6 is 11.8 Å². The fraction of sp³-hybridized carbons (Fsp3) is 0.846. The summed E-state index contributed by atoms with van der Waals surface area (Å²) in [6, 6.07) is 0. The first-order chi connectivity index (χ1) is 8.25. The maximum Gasteiger partial charge on any atom is 0.307 e. The summed E-state index contributed by atoms with van der Waals surface area (Å²) in [5, 5.41) is 10.0. The van der Waals surface area contributed by atoms with Crippen LogP contribution in [0.25, 0.3) is 0 Å². The molecular formula is C13H21NO3S. The quantitative estimate of drug-likeness (QED) is 0.830. The number of nitrogens with zero attached hydrogens (tertiary/aromatic N) is 1. The molecule has 0 aromatic rings. The molecule has 1 saturated heterocycles. The second-order valence-corrected chi connectivity index (χ2v) is 8.00. The van der Waals surface area contributed by atoms with Gasteiger partial charge in [0, 0.05) is 23.6 Å². The summed E-state index contributed by atoms with van der Waals surface area (Å²) in [7, 11) is 0. The fourth-order valence-electron chi connectivity index (χ4n) is 3.11. The van der Waals surface area contributed by atoms with E-state index in [1.165, 1.54) is 0 Å². The third-order valence-electron chi connectivity index (χ3n) is 4.09. The minimum atomic E-state index is -0.842. The molecule has 4 nitrogen and oxygen atoms in total. The smallest absolute Gasteiger partial charge is 0.307 e. The Labute approximate surface area is 112 Å². The van der Waals surface area contributed by atoms with Crippen LogP contribution in [0.3, 0.4) is 0 Å². The van der Waals surface area contributed by atoms with Gasteiger partial charge in [-0.1, -0.05) is 27.7 Å². The number of amides is 1. The Morgan fingerprint density at radius 1 is 1.17 bits per heavy atom. The number of hydrogen-bond acceptors (Lipinski definition) is 3. The third-order valence-corrected chi connectivity index (χ3v) is 5.32. The highest BCUT2D eigenvalue weighted by molar-refractivity contribution is 8.00. The number of hydrogen-bond donors (Lipinski definition) is 1. The van der Waals surface area contributed by atoms with Gasteiger partial charge in [0.25, 0.3) is 0 Å². The zero-order valence-corrected chi connectivity index (χ0v) is 12.2. The number of rotatable bonds is 2. The van der Waals surface area contributed by atoms with Crippen molar-refractivity contribution in [3.05, 3.63) is 0 Å². The predicted octanol–water partition coefficient (Wildman–Crippen LogP) is 1.70. The van der Waals surface area contributed by atoms with Crippen molar-refractivity contribution in [2.75, 3.05) is 13.1 Å². The SMILES string of the molecule is CC1CN(C(=O)C2C(C(=O)O)C2(C)C)CC(C)S1.